The molecule has 5 heteroatoms. The average molecular weight is 283 g/mol. The fourth-order valence-electron chi connectivity index (χ4n) is 2.66. The smallest absolute Gasteiger partial charge is 0.147 e. The summed E-state index contributed by atoms with van der Waals surface area (Å²) in [5.41, 5.74) is 1.37. The summed E-state index contributed by atoms with van der Waals surface area (Å²) < 4.78 is 10.9. The second-order valence-corrected chi connectivity index (χ2v) is 5.13. The van der Waals surface area contributed by atoms with Crippen LogP contribution in [0.15, 0.2) is 24.3 Å². The van der Waals surface area contributed by atoms with Crippen LogP contribution in [-0.4, -0.2) is 37.9 Å². The summed E-state index contributed by atoms with van der Waals surface area (Å²) in [6.45, 7) is 4.16. The van der Waals surface area contributed by atoms with Gasteiger partial charge in [0.05, 0.1) is 25.4 Å². The summed E-state index contributed by atoms with van der Waals surface area (Å²) in [4.78, 5) is 6.81. The quantitative estimate of drug-likeness (QED) is 0.846. The third-order valence-corrected chi connectivity index (χ3v) is 3.67. The van der Waals surface area contributed by atoms with Gasteiger partial charge in [-0.1, -0.05) is 12.1 Å². The van der Waals surface area contributed by atoms with Crippen molar-refractivity contribution in [2.45, 2.75) is 13.0 Å². The molecule has 0 spiro atoms. The van der Waals surface area contributed by atoms with Gasteiger partial charge in [-0.15, -0.1) is 0 Å². The van der Waals surface area contributed by atoms with E-state index in [-0.39, 0.29) is 6.10 Å². The van der Waals surface area contributed by atoms with Crippen molar-refractivity contribution in [3.8, 4) is 11.8 Å². The van der Waals surface area contributed by atoms with Crippen molar-refractivity contribution in [2.24, 2.45) is 0 Å². The van der Waals surface area contributed by atoms with Gasteiger partial charge in [-0.25, -0.2) is 4.98 Å². The van der Waals surface area contributed by atoms with Crippen LogP contribution >= 0.6 is 0 Å². The van der Waals surface area contributed by atoms with E-state index >= 15 is 0 Å². The molecular weight excluding hydrogens is 266 g/mol. The number of ether oxygens (including phenoxy) is 2. The molecule has 0 saturated carbocycles. The lowest BCUT2D eigenvalue weighted by Gasteiger charge is -2.32. The number of para-hydroxylation sites is 1. The van der Waals surface area contributed by atoms with Gasteiger partial charge in [0.2, 0.25) is 0 Å². The molecule has 0 N–H and O–H groups in total. The van der Waals surface area contributed by atoms with Crippen LogP contribution in [0.5, 0.6) is 5.75 Å². The van der Waals surface area contributed by atoms with Crippen LogP contribution in [0, 0.1) is 11.3 Å². The van der Waals surface area contributed by atoms with E-state index < -0.39 is 0 Å². The van der Waals surface area contributed by atoms with Gasteiger partial charge in [-0.3, -0.25) is 0 Å². The second kappa shape index (κ2) is 5.58. The first kappa shape index (κ1) is 13.7. The van der Waals surface area contributed by atoms with Crippen LogP contribution in [0.4, 0.5) is 5.82 Å². The number of benzene rings is 1. The van der Waals surface area contributed by atoms with Gasteiger partial charge >= 0.3 is 0 Å². The number of hydrogen-bond acceptors (Lipinski definition) is 5. The van der Waals surface area contributed by atoms with E-state index in [9.17, 15) is 5.26 Å². The van der Waals surface area contributed by atoms with Crippen LogP contribution < -0.4 is 9.64 Å². The van der Waals surface area contributed by atoms with Gasteiger partial charge in [0.15, 0.2) is 0 Å². The minimum atomic E-state index is 0.139. The lowest BCUT2D eigenvalue weighted by Crippen LogP contribution is -2.41. The zero-order chi connectivity index (χ0) is 14.8. The highest BCUT2D eigenvalue weighted by Crippen LogP contribution is 2.29. The van der Waals surface area contributed by atoms with Gasteiger partial charge in [-0.05, 0) is 19.1 Å². The number of rotatable bonds is 2. The Morgan fingerprint density at radius 1 is 1.48 bits per heavy atom. The van der Waals surface area contributed by atoms with Gasteiger partial charge in [0.25, 0.3) is 0 Å². The van der Waals surface area contributed by atoms with E-state index in [4.69, 9.17) is 14.5 Å². The van der Waals surface area contributed by atoms with Crippen molar-refractivity contribution >= 4 is 16.7 Å². The highest BCUT2D eigenvalue weighted by Gasteiger charge is 2.21. The second-order valence-electron chi connectivity index (χ2n) is 5.13. The Labute approximate surface area is 123 Å². The Morgan fingerprint density at radius 2 is 2.33 bits per heavy atom. The molecule has 1 aliphatic rings. The van der Waals surface area contributed by atoms with Crippen LogP contribution in [0.3, 0.4) is 0 Å². The lowest BCUT2D eigenvalue weighted by molar-refractivity contribution is 0.0529. The first-order chi connectivity index (χ1) is 10.2. The van der Waals surface area contributed by atoms with E-state index in [1.54, 1.807) is 7.11 Å². The number of methoxy groups -OCH3 is 1. The summed E-state index contributed by atoms with van der Waals surface area (Å²) in [5, 5.41) is 10.3. The van der Waals surface area contributed by atoms with Gasteiger partial charge in [-0.2, -0.15) is 5.26 Å². The maximum Gasteiger partial charge on any atom is 0.147 e. The number of nitrogens with zero attached hydrogens (tertiary/aromatic N) is 3. The summed E-state index contributed by atoms with van der Waals surface area (Å²) in [6.07, 6.45) is 0.139. The molecule has 21 heavy (non-hydrogen) atoms. The largest absolute Gasteiger partial charge is 0.494 e. The SMILES string of the molecule is COc1cccc2cc(C#N)c(N3CCO[C@H](C)C3)nc12. The molecule has 1 fully saturated rings. The van der Waals surface area contributed by atoms with Crippen LogP contribution in [-0.2, 0) is 4.74 Å². The van der Waals surface area contributed by atoms with Crippen molar-refractivity contribution in [3.63, 3.8) is 0 Å². The van der Waals surface area contributed by atoms with Crippen molar-refractivity contribution < 1.29 is 9.47 Å². The van der Waals surface area contributed by atoms with E-state index in [1.165, 1.54) is 0 Å². The first-order valence-electron chi connectivity index (χ1n) is 6.97. The predicted molar refractivity (Wildman–Crippen MR) is 80.6 cm³/mol. The molecule has 1 aromatic heterocycles. The lowest BCUT2D eigenvalue weighted by atomic mass is 10.1. The number of nitriles is 1. The summed E-state index contributed by atoms with van der Waals surface area (Å²) >= 11 is 0. The minimum Gasteiger partial charge on any atom is -0.494 e. The molecule has 0 aliphatic carbocycles. The standard InChI is InChI=1S/C16H17N3O2/c1-11-10-19(6-7-21-11)16-13(9-17)8-12-4-3-5-14(20-2)15(12)18-16/h3-5,8,11H,6-7,10H2,1-2H3/t11-/m1/s1. The molecule has 1 atom stereocenters. The van der Waals surface area contributed by atoms with E-state index in [0.29, 0.717) is 18.0 Å². The van der Waals surface area contributed by atoms with Gasteiger partial charge < -0.3 is 14.4 Å². The van der Waals surface area contributed by atoms with Crippen LogP contribution in [0.2, 0.25) is 0 Å². The molecule has 1 aliphatic heterocycles. The molecule has 2 aromatic rings. The van der Waals surface area contributed by atoms with Gasteiger partial charge in [0, 0.05) is 18.5 Å². The number of morpholine rings is 1. The maximum atomic E-state index is 9.42. The molecule has 0 unspecified atom stereocenters. The van der Waals surface area contributed by atoms with Crippen LogP contribution in [0.1, 0.15) is 12.5 Å². The topological polar surface area (TPSA) is 58.4 Å². The molecule has 5 nitrogen and oxygen atoms in total. The fraction of sp³-hybridized carbons (Fsp3) is 0.375. The van der Waals surface area contributed by atoms with Crippen molar-refractivity contribution in [2.75, 3.05) is 31.7 Å². The fourth-order valence-corrected chi connectivity index (χ4v) is 2.66. The Balaban J connectivity index is 2.14. The average Bonchev–Trinajstić information content (AvgIpc) is 2.52. The summed E-state index contributed by atoms with van der Waals surface area (Å²) in [7, 11) is 1.63. The predicted octanol–water partition coefficient (Wildman–Crippen LogP) is 2.34. The zero-order valence-electron chi connectivity index (χ0n) is 12.2. The maximum absolute atomic E-state index is 9.42. The molecule has 2 heterocycles. The van der Waals surface area contributed by atoms with E-state index in [2.05, 4.69) is 11.0 Å². The molecule has 1 saturated heterocycles. The van der Waals surface area contributed by atoms with Crippen molar-refractivity contribution in [1.29, 1.82) is 5.26 Å². The molecule has 108 valence electrons. The Bertz CT molecular complexity index is 708. The molecule has 3 rings (SSSR count). The third kappa shape index (κ3) is 2.50. The normalized spacial score (nSPS) is 18.5. The Hall–Kier alpha value is -2.32. The summed E-state index contributed by atoms with van der Waals surface area (Å²) in [5.74, 6) is 1.43. The monoisotopic (exact) mass is 283 g/mol. The number of fused-ring (bicyclic) bond motifs is 1. The first-order valence-corrected chi connectivity index (χ1v) is 6.97. The number of aromatic nitrogens is 1. The minimum absolute atomic E-state index is 0.139. The number of pyridine rings is 1. The molecule has 0 radical (unpaired) electrons. The van der Waals surface area contributed by atoms with E-state index in [0.717, 1.165) is 29.7 Å². The highest BCUT2D eigenvalue weighted by molar-refractivity contribution is 5.88. The summed E-state index contributed by atoms with van der Waals surface area (Å²) in [6, 6.07) is 9.85. The molecule has 1 aromatic carbocycles. The Morgan fingerprint density at radius 3 is 3.05 bits per heavy atom. The van der Waals surface area contributed by atoms with E-state index in [1.807, 2.05) is 31.2 Å². The molecule has 0 amide bonds. The Kier molecular flexibility index (Phi) is 3.63. The van der Waals surface area contributed by atoms with Crippen molar-refractivity contribution in [3.05, 3.63) is 29.8 Å². The number of anilines is 1. The number of hydrogen-bond donors (Lipinski definition) is 0. The third-order valence-electron chi connectivity index (χ3n) is 3.67. The highest BCUT2D eigenvalue weighted by atomic mass is 16.5. The molecule has 0 bridgehead atoms. The van der Waals surface area contributed by atoms with Crippen molar-refractivity contribution in [1.82, 2.24) is 4.98 Å². The van der Waals surface area contributed by atoms with Crippen LogP contribution in [0.25, 0.3) is 10.9 Å². The zero-order valence-corrected chi connectivity index (χ0v) is 12.2. The van der Waals surface area contributed by atoms with Gasteiger partial charge in [0.1, 0.15) is 23.2 Å². The molecular formula is C16H17N3O2.